The highest BCUT2D eigenvalue weighted by atomic mass is 32.2. The number of rotatable bonds is 4. The number of hydrogen-bond acceptors (Lipinski definition) is 4. The highest BCUT2D eigenvalue weighted by Gasteiger charge is 2.28. The Morgan fingerprint density at radius 1 is 0.390 bits per heavy atom. The highest BCUT2D eigenvalue weighted by molar-refractivity contribution is 7.99. The summed E-state index contributed by atoms with van der Waals surface area (Å²) in [5.74, 6) is 1.90. The Hall–Kier alpha value is -7.54. The van der Waals surface area contributed by atoms with Crippen molar-refractivity contribution < 1.29 is 0 Å². The molecule has 0 amide bonds. The van der Waals surface area contributed by atoms with Crippen LogP contribution in [0.25, 0.3) is 111 Å². The summed E-state index contributed by atoms with van der Waals surface area (Å²) < 4.78 is 4.90. The number of benzene rings is 9. The highest BCUT2D eigenvalue weighted by Crippen LogP contribution is 2.49. The van der Waals surface area contributed by atoms with Crippen LogP contribution in [0.4, 0.5) is 0 Å². The van der Waals surface area contributed by atoms with Crippen molar-refractivity contribution in [2.75, 3.05) is 0 Å². The van der Waals surface area contributed by atoms with Crippen molar-refractivity contribution in [3.05, 3.63) is 188 Å². The van der Waals surface area contributed by atoms with Gasteiger partial charge in [-0.2, -0.15) is 0 Å². The van der Waals surface area contributed by atoms with E-state index >= 15 is 0 Å². The third-order valence-corrected chi connectivity index (χ3v) is 13.0. The van der Waals surface area contributed by atoms with Gasteiger partial charge in [-0.05, 0) is 80.8 Å². The molecule has 1 aliphatic heterocycles. The van der Waals surface area contributed by atoms with Gasteiger partial charge in [-0.3, -0.25) is 9.13 Å². The van der Waals surface area contributed by atoms with Gasteiger partial charge in [-0.1, -0.05) is 151 Å². The molecule has 13 rings (SSSR count). The summed E-state index contributed by atoms with van der Waals surface area (Å²) in [5, 5.41) is 10.7. The van der Waals surface area contributed by atoms with Gasteiger partial charge in [-0.15, -0.1) is 0 Å². The van der Waals surface area contributed by atoms with Gasteiger partial charge in [0.15, 0.2) is 17.5 Å². The van der Waals surface area contributed by atoms with Crippen LogP contribution < -0.4 is 0 Å². The summed E-state index contributed by atoms with van der Waals surface area (Å²) in [6.07, 6.45) is 0. The Morgan fingerprint density at radius 2 is 1.03 bits per heavy atom. The molecule has 5 nitrogen and oxygen atoms in total. The number of nitrogens with zero attached hydrogens (tertiary/aromatic N) is 5. The van der Waals surface area contributed by atoms with Gasteiger partial charge >= 0.3 is 0 Å². The van der Waals surface area contributed by atoms with Crippen LogP contribution in [0.15, 0.2) is 198 Å². The van der Waals surface area contributed by atoms with E-state index in [2.05, 4.69) is 197 Å². The van der Waals surface area contributed by atoms with E-state index in [1.54, 1.807) is 0 Å². The van der Waals surface area contributed by atoms with Crippen LogP contribution in [0.2, 0.25) is 0 Å². The molecule has 0 fully saturated rings. The maximum Gasteiger partial charge on any atom is 0.164 e. The molecule has 0 unspecified atom stereocenters. The molecule has 0 saturated heterocycles. The van der Waals surface area contributed by atoms with Crippen molar-refractivity contribution in [2.24, 2.45) is 0 Å². The standard InChI is InChI=1S/C53H31N5S/c1-2-14-33-29-36(28-27-32(33)13-1)51-54-50(55-52(56-51)43-31-34-15-3-4-18-38(34)39-19-5-6-20-40(39)43)35-16-11-17-37(30-35)57-44-23-8-7-21-41(44)48-42-22-12-26-47-49(42)58(53(48)57)45-24-9-10-25-46(45)59-47/h1-31H. The molecule has 0 aliphatic carbocycles. The molecule has 0 radical (unpaired) electrons. The van der Waals surface area contributed by atoms with Gasteiger partial charge in [-0.25, -0.2) is 15.0 Å². The smallest absolute Gasteiger partial charge is 0.164 e. The lowest BCUT2D eigenvalue weighted by Gasteiger charge is -2.21. The average Bonchev–Trinajstić information content (AvgIpc) is 3.82. The normalized spacial score (nSPS) is 12.3. The Morgan fingerprint density at radius 3 is 1.92 bits per heavy atom. The van der Waals surface area contributed by atoms with Gasteiger partial charge in [0.05, 0.1) is 16.7 Å². The monoisotopic (exact) mass is 769 g/mol. The molecular formula is C53H31N5S. The van der Waals surface area contributed by atoms with E-state index in [-0.39, 0.29) is 0 Å². The van der Waals surface area contributed by atoms with E-state index < -0.39 is 0 Å². The molecule has 9 aromatic carbocycles. The molecule has 274 valence electrons. The van der Waals surface area contributed by atoms with Crippen LogP contribution in [0.1, 0.15) is 0 Å². The molecule has 4 heterocycles. The summed E-state index contributed by atoms with van der Waals surface area (Å²) >= 11 is 1.85. The van der Waals surface area contributed by atoms with Crippen LogP contribution >= 0.6 is 11.8 Å². The first-order valence-corrected chi connectivity index (χ1v) is 20.7. The van der Waals surface area contributed by atoms with Crippen molar-refractivity contribution in [1.29, 1.82) is 0 Å². The maximum absolute atomic E-state index is 5.35. The van der Waals surface area contributed by atoms with Crippen LogP contribution in [-0.4, -0.2) is 24.1 Å². The molecule has 0 bridgehead atoms. The summed E-state index contributed by atoms with van der Waals surface area (Å²) in [7, 11) is 0. The Labute approximate surface area is 342 Å². The van der Waals surface area contributed by atoms with Crippen LogP contribution in [0.5, 0.6) is 0 Å². The van der Waals surface area contributed by atoms with E-state index in [9.17, 15) is 0 Å². The minimum atomic E-state index is 0.621. The molecule has 0 spiro atoms. The second-order valence-electron chi connectivity index (χ2n) is 15.2. The van der Waals surface area contributed by atoms with Gasteiger partial charge in [0.1, 0.15) is 5.65 Å². The van der Waals surface area contributed by atoms with Gasteiger partial charge in [0, 0.05) is 48.3 Å². The second-order valence-corrected chi connectivity index (χ2v) is 16.3. The van der Waals surface area contributed by atoms with Crippen LogP contribution in [0, 0.1) is 0 Å². The first-order chi connectivity index (χ1) is 29.2. The minimum Gasteiger partial charge on any atom is -0.295 e. The zero-order chi connectivity index (χ0) is 38.6. The first-order valence-electron chi connectivity index (χ1n) is 19.9. The SMILES string of the molecule is c1cc(-c2nc(-c3ccc4ccccc4c3)nc(-c3cc4ccccc4c4ccccc34)n2)cc(-n2c3ccccc3c3c4cccc5c4n(c32)-c2ccccc2S5)c1. The molecule has 3 aromatic heterocycles. The topological polar surface area (TPSA) is 48.5 Å². The van der Waals surface area contributed by atoms with E-state index in [4.69, 9.17) is 15.0 Å². The third-order valence-electron chi connectivity index (χ3n) is 11.9. The van der Waals surface area contributed by atoms with Crippen molar-refractivity contribution in [2.45, 2.75) is 9.79 Å². The maximum atomic E-state index is 5.35. The number of para-hydroxylation sites is 3. The number of hydrogen-bond donors (Lipinski definition) is 0. The molecule has 1 aliphatic rings. The number of aromatic nitrogens is 5. The third kappa shape index (κ3) is 4.84. The van der Waals surface area contributed by atoms with Crippen LogP contribution in [0.3, 0.4) is 0 Å². The molecule has 0 N–H and O–H groups in total. The molecule has 0 saturated carbocycles. The van der Waals surface area contributed by atoms with E-state index in [1.165, 1.54) is 53.3 Å². The molecule has 6 heteroatoms. The van der Waals surface area contributed by atoms with E-state index in [0.717, 1.165) is 49.7 Å². The molecule has 12 aromatic rings. The molecular weight excluding hydrogens is 739 g/mol. The largest absolute Gasteiger partial charge is 0.295 e. The fourth-order valence-electron chi connectivity index (χ4n) is 9.30. The van der Waals surface area contributed by atoms with Gasteiger partial charge in [0.2, 0.25) is 0 Å². The predicted octanol–water partition coefficient (Wildman–Crippen LogP) is 13.8. The minimum absolute atomic E-state index is 0.621. The zero-order valence-electron chi connectivity index (χ0n) is 31.5. The van der Waals surface area contributed by atoms with Gasteiger partial charge in [0.25, 0.3) is 0 Å². The zero-order valence-corrected chi connectivity index (χ0v) is 32.4. The summed E-state index contributed by atoms with van der Waals surface area (Å²) in [4.78, 5) is 18.4. The van der Waals surface area contributed by atoms with Crippen molar-refractivity contribution in [1.82, 2.24) is 24.1 Å². The summed E-state index contributed by atoms with van der Waals surface area (Å²) in [6.45, 7) is 0. The predicted molar refractivity (Wildman–Crippen MR) is 244 cm³/mol. The van der Waals surface area contributed by atoms with Crippen molar-refractivity contribution in [3.63, 3.8) is 0 Å². The lowest BCUT2D eigenvalue weighted by atomic mass is 9.97. The summed E-state index contributed by atoms with van der Waals surface area (Å²) in [6, 6.07) is 67.2. The lowest BCUT2D eigenvalue weighted by Crippen LogP contribution is -2.06. The fraction of sp³-hybridized carbons (Fsp3) is 0. The van der Waals surface area contributed by atoms with Crippen molar-refractivity contribution >= 4 is 76.9 Å². The average molecular weight is 770 g/mol. The Balaban J connectivity index is 1.08. The fourth-order valence-corrected chi connectivity index (χ4v) is 10.4. The van der Waals surface area contributed by atoms with Gasteiger partial charge < -0.3 is 0 Å². The van der Waals surface area contributed by atoms with E-state index in [0.29, 0.717) is 17.5 Å². The summed E-state index contributed by atoms with van der Waals surface area (Å²) in [5.41, 5.74) is 8.62. The van der Waals surface area contributed by atoms with Crippen molar-refractivity contribution in [3.8, 4) is 45.5 Å². The van der Waals surface area contributed by atoms with E-state index in [1.807, 2.05) is 11.8 Å². The second kappa shape index (κ2) is 12.5. The Bertz CT molecular complexity index is 3730. The number of fused-ring (bicyclic) bond motifs is 11. The Kier molecular flexibility index (Phi) is 6.88. The molecule has 59 heavy (non-hydrogen) atoms. The van der Waals surface area contributed by atoms with Crippen LogP contribution in [-0.2, 0) is 0 Å². The molecule has 0 atom stereocenters. The lowest BCUT2D eigenvalue weighted by molar-refractivity contribution is 1.02. The quantitative estimate of drug-likeness (QED) is 0.167. The first kappa shape index (κ1) is 32.5.